The van der Waals surface area contributed by atoms with E-state index in [-0.39, 0.29) is 43.0 Å². The molecule has 2 aromatic heterocycles. The van der Waals surface area contributed by atoms with Crippen LogP contribution >= 0.6 is 27.5 Å². The molecule has 0 bridgehead atoms. The van der Waals surface area contributed by atoms with E-state index < -0.39 is 5.91 Å². The average Bonchev–Trinajstić information content (AvgIpc) is 3.70. The number of nitrogens with zero attached hydrogens (tertiary/aromatic N) is 5. The van der Waals surface area contributed by atoms with Gasteiger partial charge in [-0.1, -0.05) is 23.7 Å². The van der Waals surface area contributed by atoms with Crippen LogP contribution in [0.15, 0.2) is 76.3 Å². The highest BCUT2D eigenvalue weighted by atomic mass is 79.9. The molecule has 0 atom stereocenters. The summed E-state index contributed by atoms with van der Waals surface area (Å²) in [5.74, 6) is 0.0522. The van der Waals surface area contributed by atoms with Crippen molar-refractivity contribution in [2.75, 3.05) is 6.54 Å². The van der Waals surface area contributed by atoms with Crippen molar-refractivity contribution in [2.45, 2.75) is 38.6 Å². The molecule has 1 aliphatic heterocycles. The van der Waals surface area contributed by atoms with Crippen LogP contribution in [0.5, 0.6) is 5.75 Å². The Morgan fingerprint density at radius 1 is 1.09 bits per heavy atom. The first-order valence-electron chi connectivity index (χ1n) is 14.3. The number of aryl methyl sites for hydroxylation is 1. The number of aromatic nitrogens is 4. The first-order valence-corrected chi connectivity index (χ1v) is 15.5. The molecule has 2 aliphatic rings. The quantitative estimate of drug-likeness (QED) is 0.260. The van der Waals surface area contributed by atoms with Crippen molar-refractivity contribution in [3.05, 3.63) is 109 Å². The largest absolute Gasteiger partial charge is 0.490 e. The van der Waals surface area contributed by atoms with Crippen molar-refractivity contribution in [2.24, 2.45) is 7.05 Å². The minimum Gasteiger partial charge on any atom is -0.490 e. The van der Waals surface area contributed by atoms with E-state index in [1.165, 1.54) is 4.57 Å². The fourth-order valence-corrected chi connectivity index (χ4v) is 6.02. The summed E-state index contributed by atoms with van der Waals surface area (Å²) < 4.78 is 11.5. The predicted octanol–water partition coefficient (Wildman–Crippen LogP) is 5.07. The van der Waals surface area contributed by atoms with Crippen LogP contribution < -0.4 is 15.7 Å². The molecule has 1 saturated carbocycles. The zero-order valence-electron chi connectivity index (χ0n) is 23.8. The van der Waals surface area contributed by atoms with E-state index in [1.54, 1.807) is 46.1 Å². The molecule has 0 unspecified atom stereocenters. The van der Waals surface area contributed by atoms with Crippen molar-refractivity contribution >= 4 is 50.4 Å². The van der Waals surface area contributed by atoms with E-state index in [0.29, 0.717) is 38.7 Å². The molecule has 10 nitrogen and oxygen atoms in total. The SMILES string of the molecule is Cn1cnc2c(CNC(=O)c3c4n(c(=O)n3-c3ccc(OC5CC5)cc3)CCN(C(=O)c3ccc(Br)c(Cl)c3)C4)cccc21. The van der Waals surface area contributed by atoms with Crippen LogP contribution in [-0.4, -0.2) is 48.0 Å². The van der Waals surface area contributed by atoms with Crippen LogP contribution in [0.3, 0.4) is 0 Å². The highest BCUT2D eigenvalue weighted by molar-refractivity contribution is 9.10. The Kier molecular flexibility index (Phi) is 7.30. The molecule has 0 spiro atoms. The maximum Gasteiger partial charge on any atom is 0.333 e. The summed E-state index contributed by atoms with van der Waals surface area (Å²) in [4.78, 5) is 47.5. The fraction of sp³-hybridized carbons (Fsp3) is 0.250. The van der Waals surface area contributed by atoms with E-state index in [9.17, 15) is 14.4 Å². The second-order valence-corrected chi connectivity index (χ2v) is 12.3. The number of halogens is 2. The van der Waals surface area contributed by atoms with Crippen LogP contribution in [-0.2, 0) is 26.7 Å². The lowest BCUT2D eigenvalue weighted by Gasteiger charge is -2.28. The number of rotatable bonds is 7. The Bertz CT molecular complexity index is 1990. The Morgan fingerprint density at radius 2 is 1.89 bits per heavy atom. The van der Waals surface area contributed by atoms with Gasteiger partial charge in [-0.3, -0.25) is 18.7 Å². The molecular formula is C32H28BrClN6O4. The molecule has 1 aliphatic carbocycles. The minimum absolute atomic E-state index is 0.0796. The van der Waals surface area contributed by atoms with Gasteiger partial charge in [-0.2, -0.15) is 0 Å². The number of benzene rings is 3. The van der Waals surface area contributed by atoms with Gasteiger partial charge in [-0.05, 0) is 82.9 Å². The van der Waals surface area contributed by atoms with Gasteiger partial charge in [0, 0.05) is 36.7 Å². The number of nitrogens with one attached hydrogen (secondary N) is 1. The van der Waals surface area contributed by atoms with E-state index in [0.717, 1.165) is 29.4 Å². The number of fused-ring (bicyclic) bond motifs is 2. The molecule has 12 heteroatoms. The van der Waals surface area contributed by atoms with Crippen LogP contribution in [0.1, 0.15) is 44.9 Å². The fourth-order valence-electron chi connectivity index (χ4n) is 5.59. The van der Waals surface area contributed by atoms with Crippen molar-refractivity contribution in [3.63, 3.8) is 0 Å². The number of ether oxygens (including phenoxy) is 1. The van der Waals surface area contributed by atoms with Crippen LogP contribution in [0.25, 0.3) is 16.7 Å². The smallest absolute Gasteiger partial charge is 0.333 e. The lowest BCUT2D eigenvalue weighted by molar-refractivity contribution is 0.0706. The second-order valence-electron chi connectivity index (χ2n) is 11.1. The third-order valence-electron chi connectivity index (χ3n) is 8.05. The molecule has 0 radical (unpaired) electrons. The van der Waals surface area contributed by atoms with Gasteiger partial charge in [0.05, 0.1) is 46.4 Å². The summed E-state index contributed by atoms with van der Waals surface area (Å²) in [6.45, 7) is 0.838. The van der Waals surface area contributed by atoms with Crippen LogP contribution in [0.4, 0.5) is 0 Å². The van der Waals surface area contributed by atoms with E-state index in [4.69, 9.17) is 16.3 Å². The molecule has 3 heterocycles. The van der Waals surface area contributed by atoms with Gasteiger partial charge in [-0.15, -0.1) is 0 Å². The number of carbonyl (C=O) groups excluding carboxylic acids is 2. The first kappa shape index (κ1) is 28.4. The van der Waals surface area contributed by atoms with Gasteiger partial charge < -0.3 is 19.5 Å². The van der Waals surface area contributed by atoms with E-state index in [1.807, 2.05) is 41.9 Å². The van der Waals surface area contributed by atoms with Crippen molar-refractivity contribution in [3.8, 4) is 11.4 Å². The molecule has 3 aromatic carbocycles. The standard InChI is InChI=1S/C32H28BrClN6O4/c1-37-18-36-28-20(3-2-4-26(28)37)16-35-30(41)29-27-17-38(31(42)19-5-12-24(33)25(34)15-19)13-14-39(27)32(43)40(29)21-6-8-22(9-7-21)44-23-10-11-23/h2-9,12,15,18,23H,10-11,13-14,16-17H2,1H3,(H,35,41). The molecule has 0 saturated heterocycles. The number of hydrogen-bond donors (Lipinski definition) is 1. The maximum absolute atomic E-state index is 14.0. The molecule has 2 amide bonds. The lowest BCUT2D eigenvalue weighted by Crippen LogP contribution is -2.41. The zero-order valence-corrected chi connectivity index (χ0v) is 26.1. The lowest BCUT2D eigenvalue weighted by atomic mass is 10.1. The van der Waals surface area contributed by atoms with E-state index in [2.05, 4.69) is 26.2 Å². The topological polar surface area (TPSA) is 103 Å². The van der Waals surface area contributed by atoms with Crippen LogP contribution in [0, 0.1) is 0 Å². The number of amides is 2. The number of imidazole rings is 2. The number of hydrogen-bond acceptors (Lipinski definition) is 5. The van der Waals surface area contributed by atoms with Crippen molar-refractivity contribution in [1.82, 2.24) is 28.9 Å². The molecule has 1 N–H and O–H groups in total. The normalized spacial score (nSPS) is 14.5. The first-order chi connectivity index (χ1) is 21.3. The molecule has 44 heavy (non-hydrogen) atoms. The summed E-state index contributed by atoms with van der Waals surface area (Å²) >= 11 is 9.63. The molecule has 5 aromatic rings. The number of para-hydroxylation sites is 1. The Labute approximate surface area is 265 Å². The minimum atomic E-state index is -0.428. The van der Waals surface area contributed by atoms with Crippen LogP contribution in [0.2, 0.25) is 5.02 Å². The zero-order chi connectivity index (χ0) is 30.5. The van der Waals surface area contributed by atoms with Gasteiger partial charge in [0.25, 0.3) is 11.8 Å². The Hall–Kier alpha value is -4.35. The summed E-state index contributed by atoms with van der Waals surface area (Å²) in [5.41, 5.74) is 3.86. The van der Waals surface area contributed by atoms with Gasteiger partial charge >= 0.3 is 5.69 Å². The highest BCUT2D eigenvalue weighted by Crippen LogP contribution is 2.29. The van der Waals surface area contributed by atoms with Crippen molar-refractivity contribution in [1.29, 1.82) is 0 Å². The predicted molar refractivity (Wildman–Crippen MR) is 169 cm³/mol. The molecule has 7 rings (SSSR count). The van der Waals surface area contributed by atoms with Gasteiger partial charge in [-0.25, -0.2) is 9.78 Å². The Balaban J connectivity index is 1.25. The van der Waals surface area contributed by atoms with Crippen molar-refractivity contribution < 1.29 is 14.3 Å². The molecule has 224 valence electrons. The maximum atomic E-state index is 14.0. The summed E-state index contributed by atoms with van der Waals surface area (Å²) in [5, 5.41) is 3.44. The highest BCUT2D eigenvalue weighted by Gasteiger charge is 2.32. The molecule has 1 fully saturated rings. The Morgan fingerprint density at radius 3 is 2.64 bits per heavy atom. The third-order valence-corrected chi connectivity index (χ3v) is 9.28. The van der Waals surface area contributed by atoms with Gasteiger partial charge in [0.1, 0.15) is 11.4 Å². The van der Waals surface area contributed by atoms with E-state index >= 15 is 0 Å². The van der Waals surface area contributed by atoms with Gasteiger partial charge in [0.2, 0.25) is 0 Å². The third kappa shape index (κ3) is 5.20. The number of carbonyl (C=O) groups is 2. The summed E-state index contributed by atoms with van der Waals surface area (Å²) in [7, 11) is 1.92. The average molecular weight is 676 g/mol. The monoisotopic (exact) mass is 674 g/mol. The second kappa shape index (κ2) is 11.3. The summed E-state index contributed by atoms with van der Waals surface area (Å²) in [6, 6.07) is 18.0. The summed E-state index contributed by atoms with van der Waals surface area (Å²) in [6.07, 6.45) is 4.04. The molecular weight excluding hydrogens is 648 g/mol. The van der Waals surface area contributed by atoms with Gasteiger partial charge in [0.15, 0.2) is 0 Å².